The van der Waals surface area contributed by atoms with Crippen LogP contribution in [-0.4, -0.2) is 12.6 Å². The van der Waals surface area contributed by atoms with E-state index < -0.39 is 12.1 Å². The van der Waals surface area contributed by atoms with E-state index >= 15 is 0 Å². The van der Waals surface area contributed by atoms with E-state index in [1.165, 1.54) is 6.07 Å². The third-order valence-electron chi connectivity index (χ3n) is 4.56. The summed E-state index contributed by atoms with van der Waals surface area (Å²) < 4.78 is 16.7. The van der Waals surface area contributed by atoms with Gasteiger partial charge < -0.3 is 13.9 Å². The van der Waals surface area contributed by atoms with Crippen molar-refractivity contribution >= 4 is 16.9 Å². The third-order valence-corrected chi connectivity index (χ3v) is 4.56. The Labute approximate surface area is 163 Å². The van der Waals surface area contributed by atoms with Crippen LogP contribution in [0, 0.1) is 6.92 Å². The fraction of sp³-hybridized carbons (Fsp3) is 0.304. The summed E-state index contributed by atoms with van der Waals surface area (Å²) >= 11 is 0. The number of carbonyl (C=O) groups is 1. The molecule has 5 nitrogen and oxygen atoms in total. The lowest BCUT2D eigenvalue weighted by Gasteiger charge is -2.20. The van der Waals surface area contributed by atoms with Crippen molar-refractivity contribution < 1.29 is 18.7 Å². The molecule has 0 N–H and O–H groups in total. The topological polar surface area (TPSA) is 65.7 Å². The smallest absolute Gasteiger partial charge is 0.352 e. The molecule has 0 spiro atoms. The van der Waals surface area contributed by atoms with Crippen molar-refractivity contribution in [2.45, 2.75) is 39.7 Å². The number of hydrogen-bond donors (Lipinski definition) is 0. The van der Waals surface area contributed by atoms with E-state index in [1.54, 1.807) is 6.92 Å². The van der Waals surface area contributed by atoms with Gasteiger partial charge in [-0.15, -0.1) is 0 Å². The second-order valence-electron chi connectivity index (χ2n) is 6.57. The van der Waals surface area contributed by atoms with Gasteiger partial charge in [0.1, 0.15) is 11.3 Å². The molecule has 1 unspecified atom stereocenters. The summed E-state index contributed by atoms with van der Waals surface area (Å²) in [6.07, 6.45) is 0.814. The van der Waals surface area contributed by atoms with E-state index in [9.17, 15) is 9.59 Å². The predicted octanol–water partition coefficient (Wildman–Crippen LogP) is 4.74. The van der Waals surface area contributed by atoms with E-state index in [0.717, 1.165) is 23.8 Å². The van der Waals surface area contributed by atoms with Crippen molar-refractivity contribution in [2.75, 3.05) is 6.61 Å². The summed E-state index contributed by atoms with van der Waals surface area (Å²) in [4.78, 5) is 24.5. The molecule has 0 saturated carbocycles. The standard InChI is InChI=1S/C23H24O5/c1-4-9-17-14-20(24)28-21-15(3)19(13-12-18(17)21)27-22(23(25)26-5-2)16-10-7-6-8-11-16/h6-8,10-14,22H,4-5,9H2,1-3H3. The lowest BCUT2D eigenvalue weighted by atomic mass is 10.0. The van der Waals surface area contributed by atoms with Gasteiger partial charge in [-0.2, -0.15) is 0 Å². The normalized spacial score (nSPS) is 12.0. The Morgan fingerprint density at radius 2 is 1.86 bits per heavy atom. The predicted molar refractivity (Wildman–Crippen MR) is 108 cm³/mol. The number of fused-ring (bicyclic) bond motifs is 1. The Morgan fingerprint density at radius 3 is 2.54 bits per heavy atom. The second-order valence-corrected chi connectivity index (χ2v) is 6.57. The molecular weight excluding hydrogens is 356 g/mol. The first kappa shape index (κ1) is 19.7. The number of aryl methyl sites for hydroxylation is 2. The van der Waals surface area contributed by atoms with Crippen LogP contribution in [0.1, 0.15) is 43.1 Å². The third kappa shape index (κ3) is 4.09. The minimum Gasteiger partial charge on any atom is -0.474 e. The monoisotopic (exact) mass is 380 g/mol. The zero-order valence-electron chi connectivity index (χ0n) is 16.4. The Balaban J connectivity index is 2.05. The van der Waals surface area contributed by atoms with Crippen LogP contribution in [0.5, 0.6) is 5.75 Å². The molecule has 28 heavy (non-hydrogen) atoms. The molecule has 1 atom stereocenters. The van der Waals surface area contributed by atoms with Crippen molar-refractivity contribution in [3.63, 3.8) is 0 Å². The maximum Gasteiger partial charge on any atom is 0.352 e. The SMILES string of the molecule is CCCc1cc(=O)oc2c(C)c(OC(C(=O)OCC)c3ccccc3)ccc12. The molecule has 0 radical (unpaired) electrons. The van der Waals surface area contributed by atoms with Gasteiger partial charge in [0.25, 0.3) is 0 Å². The van der Waals surface area contributed by atoms with Gasteiger partial charge in [-0.3, -0.25) is 0 Å². The molecule has 1 heterocycles. The van der Waals surface area contributed by atoms with Gasteiger partial charge in [-0.25, -0.2) is 9.59 Å². The first-order chi connectivity index (χ1) is 13.5. The van der Waals surface area contributed by atoms with Crippen LogP contribution in [-0.2, 0) is 16.0 Å². The van der Waals surface area contributed by atoms with E-state index in [2.05, 4.69) is 6.92 Å². The van der Waals surface area contributed by atoms with Crippen LogP contribution >= 0.6 is 0 Å². The van der Waals surface area contributed by atoms with Gasteiger partial charge in [0.15, 0.2) is 0 Å². The average Bonchev–Trinajstić information content (AvgIpc) is 2.69. The lowest BCUT2D eigenvalue weighted by molar-refractivity contribution is -0.151. The Kier molecular flexibility index (Phi) is 6.14. The van der Waals surface area contributed by atoms with E-state index in [0.29, 0.717) is 22.5 Å². The van der Waals surface area contributed by atoms with Crippen LogP contribution in [0.3, 0.4) is 0 Å². The minimum atomic E-state index is -0.900. The number of benzene rings is 2. The quantitative estimate of drug-likeness (QED) is 0.438. The maximum atomic E-state index is 12.5. The van der Waals surface area contributed by atoms with Gasteiger partial charge in [0.05, 0.1) is 6.61 Å². The first-order valence-corrected chi connectivity index (χ1v) is 9.49. The molecule has 2 aromatic carbocycles. The number of esters is 1. The van der Waals surface area contributed by atoms with Crippen molar-refractivity contribution in [3.8, 4) is 5.75 Å². The highest BCUT2D eigenvalue weighted by Crippen LogP contribution is 2.32. The zero-order chi connectivity index (χ0) is 20.1. The Morgan fingerprint density at radius 1 is 1.11 bits per heavy atom. The molecule has 3 aromatic rings. The molecule has 0 fully saturated rings. The van der Waals surface area contributed by atoms with Crippen LogP contribution in [0.4, 0.5) is 0 Å². The largest absolute Gasteiger partial charge is 0.474 e. The maximum absolute atomic E-state index is 12.5. The number of ether oxygens (including phenoxy) is 2. The van der Waals surface area contributed by atoms with Crippen LogP contribution in [0.2, 0.25) is 0 Å². The molecule has 0 aliphatic carbocycles. The summed E-state index contributed by atoms with van der Waals surface area (Å²) in [7, 11) is 0. The second kappa shape index (κ2) is 8.74. The summed E-state index contributed by atoms with van der Waals surface area (Å²) in [5, 5.41) is 0.888. The molecular formula is C23H24O5. The van der Waals surface area contributed by atoms with Gasteiger partial charge in [-0.05, 0) is 38.0 Å². The van der Waals surface area contributed by atoms with E-state index in [4.69, 9.17) is 13.9 Å². The first-order valence-electron chi connectivity index (χ1n) is 9.49. The number of carbonyl (C=O) groups excluding carboxylic acids is 1. The van der Waals surface area contributed by atoms with Crippen LogP contribution < -0.4 is 10.4 Å². The highest BCUT2D eigenvalue weighted by molar-refractivity contribution is 5.85. The van der Waals surface area contributed by atoms with Crippen molar-refractivity contribution in [1.29, 1.82) is 0 Å². The van der Waals surface area contributed by atoms with Gasteiger partial charge in [0, 0.05) is 22.6 Å². The number of rotatable bonds is 7. The number of hydrogen-bond acceptors (Lipinski definition) is 5. The Hall–Kier alpha value is -3.08. The van der Waals surface area contributed by atoms with Crippen molar-refractivity contribution in [1.82, 2.24) is 0 Å². The molecule has 5 heteroatoms. The molecule has 0 amide bonds. The molecule has 0 aliphatic heterocycles. The highest BCUT2D eigenvalue weighted by atomic mass is 16.6. The van der Waals surface area contributed by atoms with Gasteiger partial charge in [0.2, 0.25) is 6.10 Å². The molecule has 0 saturated heterocycles. The Bertz CT molecular complexity index is 1020. The summed E-state index contributed by atoms with van der Waals surface area (Å²) in [5.74, 6) is 0.0144. The van der Waals surface area contributed by atoms with Gasteiger partial charge >= 0.3 is 11.6 Å². The molecule has 146 valence electrons. The highest BCUT2D eigenvalue weighted by Gasteiger charge is 2.25. The molecule has 0 aliphatic rings. The van der Waals surface area contributed by atoms with Crippen molar-refractivity contribution in [2.24, 2.45) is 0 Å². The molecule has 3 rings (SSSR count). The average molecular weight is 380 g/mol. The summed E-state index contributed by atoms with van der Waals surface area (Å²) in [6, 6.07) is 14.4. The van der Waals surface area contributed by atoms with Crippen LogP contribution in [0.15, 0.2) is 57.7 Å². The summed E-state index contributed by atoms with van der Waals surface area (Å²) in [6.45, 7) is 5.90. The van der Waals surface area contributed by atoms with Crippen LogP contribution in [0.25, 0.3) is 11.0 Å². The molecule has 0 bridgehead atoms. The van der Waals surface area contributed by atoms with E-state index in [-0.39, 0.29) is 12.2 Å². The lowest BCUT2D eigenvalue weighted by Crippen LogP contribution is -2.21. The van der Waals surface area contributed by atoms with Gasteiger partial charge in [-0.1, -0.05) is 43.7 Å². The zero-order valence-corrected chi connectivity index (χ0v) is 16.4. The fourth-order valence-corrected chi connectivity index (χ4v) is 3.24. The minimum absolute atomic E-state index is 0.261. The van der Waals surface area contributed by atoms with Crippen molar-refractivity contribution in [3.05, 3.63) is 75.6 Å². The molecule has 1 aromatic heterocycles. The fourth-order valence-electron chi connectivity index (χ4n) is 3.24. The summed E-state index contributed by atoms with van der Waals surface area (Å²) in [5.41, 5.74) is 2.43. The van der Waals surface area contributed by atoms with E-state index in [1.807, 2.05) is 49.4 Å².